The lowest BCUT2D eigenvalue weighted by atomic mass is 9.33. The minimum atomic E-state index is 0.133. The molecule has 0 radical (unpaired) electrons. The minimum Gasteiger partial charge on any atom is -0.311 e. The molecule has 12 rings (SSSR count). The molecule has 0 N–H and O–H groups in total. The molecule has 0 bridgehead atoms. The highest BCUT2D eigenvalue weighted by atomic mass is 15.2. The summed E-state index contributed by atoms with van der Waals surface area (Å²) in [5, 5.41) is 5.29. The van der Waals surface area contributed by atoms with Gasteiger partial charge in [0.25, 0.3) is 6.71 Å². The van der Waals surface area contributed by atoms with Crippen molar-refractivity contribution < 1.29 is 0 Å². The normalized spacial score (nSPS) is 15.1. The van der Waals surface area contributed by atoms with E-state index in [2.05, 4.69) is 167 Å². The summed E-state index contributed by atoms with van der Waals surface area (Å²) in [5.74, 6) is 0.563. The third kappa shape index (κ3) is 4.09. The Balaban J connectivity index is 1.28. The largest absolute Gasteiger partial charge is 0.311 e. The number of aryl methyl sites for hydroxylation is 2. The lowest BCUT2D eigenvalue weighted by Crippen LogP contribution is -2.60. The van der Waals surface area contributed by atoms with Gasteiger partial charge in [-0.15, -0.1) is 0 Å². The van der Waals surface area contributed by atoms with E-state index in [4.69, 9.17) is 0 Å². The summed E-state index contributed by atoms with van der Waals surface area (Å²) in [6.45, 7) is 4.57. The molecule has 9 aromatic rings. The highest BCUT2D eigenvalue weighted by Crippen LogP contribution is 2.47. The zero-order valence-electron chi connectivity index (χ0n) is 30.8. The first-order valence-electron chi connectivity index (χ1n) is 19.8. The SMILES string of the molecule is Cc1ccc(N2c3ccc(C)cc3B3c4c2cc(C2CCCCC2)cc4-n2c4c3cccc4c3ccc4c(c5ccccc5n4-c4ccccc4)c32)cc1. The molecule has 258 valence electrons. The molecule has 4 heteroatoms. The maximum absolute atomic E-state index is 2.71. The third-order valence-electron chi connectivity index (χ3n) is 13.0. The topological polar surface area (TPSA) is 13.1 Å². The molecule has 0 amide bonds. The van der Waals surface area contributed by atoms with Crippen molar-refractivity contribution in [2.75, 3.05) is 4.90 Å². The van der Waals surface area contributed by atoms with Gasteiger partial charge in [0.15, 0.2) is 0 Å². The molecule has 3 aliphatic rings. The van der Waals surface area contributed by atoms with E-state index in [-0.39, 0.29) is 6.71 Å². The zero-order valence-corrected chi connectivity index (χ0v) is 30.8. The number of anilines is 3. The molecule has 0 atom stereocenters. The van der Waals surface area contributed by atoms with E-state index in [1.165, 1.54) is 137 Å². The number of nitrogens with zero attached hydrogens (tertiary/aromatic N) is 3. The fraction of sp³-hybridized carbons (Fsp3) is 0.160. The summed E-state index contributed by atoms with van der Waals surface area (Å²) < 4.78 is 5.17. The lowest BCUT2D eigenvalue weighted by molar-refractivity contribution is 0.443. The van der Waals surface area contributed by atoms with Crippen molar-refractivity contribution in [3.05, 3.63) is 156 Å². The summed E-state index contributed by atoms with van der Waals surface area (Å²) in [6.07, 6.45) is 6.48. The van der Waals surface area contributed by atoms with Gasteiger partial charge in [-0.25, -0.2) is 0 Å². The second kappa shape index (κ2) is 11.3. The molecular weight excluding hydrogens is 653 g/mol. The molecule has 2 aromatic heterocycles. The molecular formula is C50H40BN3. The first-order valence-corrected chi connectivity index (χ1v) is 19.8. The Morgan fingerprint density at radius 3 is 2.09 bits per heavy atom. The van der Waals surface area contributed by atoms with Gasteiger partial charge in [-0.05, 0) is 109 Å². The van der Waals surface area contributed by atoms with Gasteiger partial charge in [0.05, 0.1) is 16.6 Å². The Labute approximate surface area is 316 Å². The molecule has 7 aromatic carbocycles. The molecule has 2 aliphatic heterocycles. The van der Waals surface area contributed by atoms with Crippen LogP contribution in [0.25, 0.3) is 55.0 Å². The second-order valence-corrected chi connectivity index (χ2v) is 16.1. The quantitative estimate of drug-likeness (QED) is 0.168. The fourth-order valence-corrected chi connectivity index (χ4v) is 10.6. The van der Waals surface area contributed by atoms with Crippen LogP contribution < -0.4 is 21.3 Å². The van der Waals surface area contributed by atoms with Crippen LogP contribution in [0.2, 0.25) is 0 Å². The van der Waals surface area contributed by atoms with Crippen LogP contribution in [-0.2, 0) is 0 Å². The molecule has 3 nitrogen and oxygen atoms in total. The summed E-state index contributed by atoms with van der Waals surface area (Å²) in [5.41, 5.74) is 19.9. The number of rotatable bonds is 3. The molecule has 4 heterocycles. The predicted octanol–water partition coefficient (Wildman–Crippen LogP) is 11.2. The highest BCUT2D eigenvalue weighted by molar-refractivity contribution is 7.00. The number of fused-ring (bicyclic) bond motifs is 11. The van der Waals surface area contributed by atoms with Gasteiger partial charge in [0.2, 0.25) is 0 Å². The minimum absolute atomic E-state index is 0.133. The smallest absolute Gasteiger partial charge is 0.252 e. The summed E-state index contributed by atoms with van der Waals surface area (Å²) in [4.78, 5) is 2.59. The van der Waals surface area contributed by atoms with Crippen LogP contribution in [0.3, 0.4) is 0 Å². The Morgan fingerprint density at radius 2 is 1.24 bits per heavy atom. The summed E-state index contributed by atoms with van der Waals surface area (Å²) in [6, 6.07) is 53.3. The maximum Gasteiger partial charge on any atom is 0.252 e. The standard InChI is InChI=1S/C50H40BN3/c1-31-20-23-36(24-21-31)53-43-26-22-32(2)28-41(43)51-40-18-11-17-37-38-25-27-44-47(39-16-9-10-19-42(39)52(44)35-14-7-4-8-15-35)50(38)54(49(37)40)46-30-34(29-45(53)48(46)51)33-12-5-3-6-13-33/h4,7-11,14-30,33H,3,5-6,12-13H2,1-2H3. The molecule has 0 spiro atoms. The van der Waals surface area contributed by atoms with Crippen molar-refractivity contribution in [3.63, 3.8) is 0 Å². The maximum atomic E-state index is 2.71. The van der Waals surface area contributed by atoms with Gasteiger partial charge < -0.3 is 14.0 Å². The molecule has 1 saturated carbocycles. The van der Waals surface area contributed by atoms with E-state index in [9.17, 15) is 0 Å². The molecule has 0 saturated heterocycles. The second-order valence-electron chi connectivity index (χ2n) is 16.1. The van der Waals surface area contributed by atoms with Crippen LogP contribution in [0, 0.1) is 13.8 Å². The number of para-hydroxylation sites is 3. The van der Waals surface area contributed by atoms with Crippen LogP contribution in [0.5, 0.6) is 0 Å². The number of hydrogen-bond acceptors (Lipinski definition) is 1. The van der Waals surface area contributed by atoms with Crippen molar-refractivity contribution >= 4 is 83.8 Å². The monoisotopic (exact) mass is 693 g/mol. The first-order chi connectivity index (χ1) is 26.6. The van der Waals surface area contributed by atoms with Crippen molar-refractivity contribution in [1.82, 2.24) is 9.13 Å². The first kappa shape index (κ1) is 30.5. The number of hydrogen-bond donors (Lipinski definition) is 0. The highest BCUT2D eigenvalue weighted by Gasteiger charge is 2.43. The van der Waals surface area contributed by atoms with Gasteiger partial charge in [-0.3, -0.25) is 0 Å². The van der Waals surface area contributed by atoms with Crippen LogP contribution in [-0.4, -0.2) is 15.8 Å². The van der Waals surface area contributed by atoms with Crippen LogP contribution in [0.1, 0.15) is 54.7 Å². The average Bonchev–Trinajstić information content (AvgIpc) is 3.74. The van der Waals surface area contributed by atoms with E-state index in [1.807, 2.05) is 0 Å². The van der Waals surface area contributed by atoms with E-state index >= 15 is 0 Å². The summed E-state index contributed by atoms with van der Waals surface area (Å²) in [7, 11) is 0. The van der Waals surface area contributed by atoms with Crippen molar-refractivity contribution in [2.24, 2.45) is 0 Å². The Morgan fingerprint density at radius 1 is 0.500 bits per heavy atom. The third-order valence-corrected chi connectivity index (χ3v) is 13.0. The van der Waals surface area contributed by atoms with Gasteiger partial charge in [-0.2, -0.15) is 0 Å². The molecule has 1 aliphatic carbocycles. The van der Waals surface area contributed by atoms with Gasteiger partial charge in [-0.1, -0.05) is 115 Å². The number of aromatic nitrogens is 2. The van der Waals surface area contributed by atoms with E-state index in [1.54, 1.807) is 0 Å². The van der Waals surface area contributed by atoms with E-state index < -0.39 is 0 Å². The van der Waals surface area contributed by atoms with Crippen LogP contribution in [0.15, 0.2) is 140 Å². The van der Waals surface area contributed by atoms with Crippen LogP contribution in [0.4, 0.5) is 17.1 Å². The Hall–Kier alpha value is -6.00. The van der Waals surface area contributed by atoms with Gasteiger partial charge >= 0.3 is 0 Å². The van der Waals surface area contributed by atoms with Gasteiger partial charge in [0, 0.05) is 55.5 Å². The Kier molecular flexibility index (Phi) is 6.35. The number of benzene rings is 7. The van der Waals surface area contributed by atoms with Gasteiger partial charge in [0.1, 0.15) is 0 Å². The predicted molar refractivity (Wildman–Crippen MR) is 230 cm³/mol. The Bertz CT molecular complexity index is 3000. The molecule has 54 heavy (non-hydrogen) atoms. The fourth-order valence-electron chi connectivity index (χ4n) is 10.6. The molecule has 0 unspecified atom stereocenters. The summed E-state index contributed by atoms with van der Waals surface area (Å²) >= 11 is 0. The molecule has 1 fully saturated rings. The average molecular weight is 694 g/mol. The van der Waals surface area contributed by atoms with E-state index in [0.717, 1.165) is 0 Å². The zero-order chi connectivity index (χ0) is 35.7. The van der Waals surface area contributed by atoms with Crippen molar-refractivity contribution in [3.8, 4) is 11.4 Å². The van der Waals surface area contributed by atoms with E-state index in [0.29, 0.717) is 5.92 Å². The van der Waals surface area contributed by atoms with Crippen molar-refractivity contribution in [2.45, 2.75) is 51.9 Å². The van der Waals surface area contributed by atoms with Crippen molar-refractivity contribution in [1.29, 1.82) is 0 Å². The van der Waals surface area contributed by atoms with Crippen LogP contribution >= 0.6 is 0 Å². The lowest BCUT2D eigenvalue weighted by Gasteiger charge is -2.41.